The maximum absolute atomic E-state index is 11.1. The van der Waals surface area contributed by atoms with Gasteiger partial charge in [0.1, 0.15) is 5.75 Å². The molecule has 158 valence electrons. The molecule has 0 saturated heterocycles. The SMILES string of the molecule is COc1ccc(C(O)Cc2ccc(C(=O)O)cc2)cc1C12CC3CC(CC(C3)C1)C2. The van der Waals surface area contributed by atoms with Crippen LogP contribution < -0.4 is 4.74 Å². The molecule has 4 bridgehead atoms. The van der Waals surface area contributed by atoms with Gasteiger partial charge in [-0.1, -0.05) is 18.2 Å². The number of aliphatic hydroxyl groups excluding tert-OH is 1. The highest BCUT2D eigenvalue weighted by atomic mass is 16.5. The van der Waals surface area contributed by atoms with Gasteiger partial charge in [-0.05, 0) is 97.1 Å². The molecule has 0 spiro atoms. The molecule has 1 unspecified atom stereocenters. The first-order valence-corrected chi connectivity index (χ1v) is 11.1. The van der Waals surface area contributed by atoms with Gasteiger partial charge in [-0.15, -0.1) is 0 Å². The lowest BCUT2D eigenvalue weighted by molar-refractivity contribution is -0.00626. The monoisotopic (exact) mass is 406 g/mol. The van der Waals surface area contributed by atoms with E-state index in [0.29, 0.717) is 6.42 Å². The number of ether oxygens (including phenoxy) is 1. The summed E-state index contributed by atoms with van der Waals surface area (Å²) in [5.41, 5.74) is 3.62. The zero-order chi connectivity index (χ0) is 20.9. The summed E-state index contributed by atoms with van der Waals surface area (Å²) in [6.07, 6.45) is 7.80. The van der Waals surface area contributed by atoms with Gasteiger partial charge in [0, 0.05) is 12.0 Å². The maximum atomic E-state index is 11.1. The number of hydrogen-bond donors (Lipinski definition) is 2. The first-order valence-electron chi connectivity index (χ1n) is 11.1. The Kier molecular flexibility index (Phi) is 4.85. The Bertz CT molecular complexity index is 911. The third kappa shape index (κ3) is 3.41. The molecular formula is C26H30O4. The predicted molar refractivity (Wildman–Crippen MR) is 115 cm³/mol. The summed E-state index contributed by atoms with van der Waals surface area (Å²) < 4.78 is 5.79. The van der Waals surface area contributed by atoms with Crippen LogP contribution in [0.4, 0.5) is 0 Å². The summed E-state index contributed by atoms with van der Waals surface area (Å²) in [7, 11) is 1.75. The van der Waals surface area contributed by atoms with E-state index in [0.717, 1.165) is 34.6 Å². The van der Waals surface area contributed by atoms with Crippen LogP contribution in [0.2, 0.25) is 0 Å². The summed E-state index contributed by atoms with van der Waals surface area (Å²) in [5, 5.41) is 20.0. The van der Waals surface area contributed by atoms with Crippen LogP contribution in [0.25, 0.3) is 0 Å². The molecule has 0 heterocycles. The van der Waals surface area contributed by atoms with Gasteiger partial charge in [-0.3, -0.25) is 0 Å². The number of aromatic carboxylic acids is 1. The number of carbonyl (C=O) groups is 1. The zero-order valence-electron chi connectivity index (χ0n) is 17.5. The van der Waals surface area contributed by atoms with E-state index < -0.39 is 12.1 Å². The number of hydrogen-bond acceptors (Lipinski definition) is 3. The number of benzene rings is 2. The van der Waals surface area contributed by atoms with E-state index in [2.05, 4.69) is 6.07 Å². The van der Waals surface area contributed by atoms with Gasteiger partial charge in [0.2, 0.25) is 0 Å². The quantitative estimate of drug-likeness (QED) is 0.697. The molecule has 0 radical (unpaired) electrons. The van der Waals surface area contributed by atoms with Crippen LogP contribution in [0, 0.1) is 17.8 Å². The molecule has 6 rings (SSSR count). The van der Waals surface area contributed by atoms with Crippen molar-refractivity contribution in [1.82, 2.24) is 0 Å². The molecule has 0 aromatic heterocycles. The van der Waals surface area contributed by atoms with E-state index in [9.17, 15) is 9.90 Å². The van der Waals surface area contributed by atoms with Gasteiger partial charge in [-0.2, -0.15) is 0 Å². The van der Waals surface area contributed by atoms with E-state index in [4.69, 9.17) is 9.84 Å². The Labute approximate surface area is 177 Å². The van der Waals surface area contributed by atoms with E-state index in [1.54, 1.807) is 31.4 Å². The highest BCUT2D eigenvalue weighted by Gasteiger charge is 2.52. The van der Waals surface area contributed by atoms with Crippen LogP contribution in [0.3, 0.4) is 0 Å². The van der Waals surface area contributed by atoms with Gasteiger partial charge in [0.25, 0.3) is 0 Å². The molecule has 4 heteroatoms. The summed E-state index contributed by atoms with van der Waals surface area (Å²) in [6.45, 7) is 0. The summed E-state index contributed by atoms with van der Waals surface area (Å²) in [5.74, 6) is 2.57. The number of carboxylic acid groups (broad SMARTS) is 1. The number of aliphatic hydroxyl groups is 1. The Morgan fingerprint density at radius 3 is 2.17 bits per heavy atom. The Balaban J connectivity index is 1.42. The lowest BCUT2D eigenvalue weighted by Gasteiger charge is -2.57. The van der Waals surface area contributed by atoms with Crippen molar-refractivity contribution in [2.45, 2.75) is 56.5 Å². The van der Waals surface area contributed by atoms with Crippen LogP contribution in [0.15, 0.2) is 42.5 Å². The minimum Gasteiger partial charge on any atom is -0.496 e. The van der Waals surface area contributed by atoms with Gasteiger partial charge in [0.05, 0.1) is 18.8 Å². The van der Waals surface area contributed by atoms with Crippen molar-refractivity contribution >= 4 is 5.97 Å². The van der Waals surface area contributed by atoms with Crippen LogP contribution in [-0.2, 0) is 11.8 Å². The second-order valence-electron chi connectivity index (χ2n) is 9.88. The normalized spacial score (nSPS) is 30.3. The van der Waals surface area contributed by atoms with Crippen molar-refractivity contribution in [3.05, 3.63) is 64.7 Å². The molecule has 4 aliphatic rings. The topological polar surface area (TPSA) is 66.8 Å². The molecule has 4 nitrogen and oxygen atoms in total. The summed E-state index contributed by atoms with van der Waals surface area (Å²) in [6, 6.07) is 13.0. The minimum atomic E-state index is -0.933. The molecule has 2 aromatic carbocycles. The third-order valence-corrected chi connectivity index (χ3v) is 7.85. The van der Waals surface area contributed by atoms with Gasteiger partial charge < -0.3 is 14.9 Å². The second-order valence-corrected chi connectivity index (χ2v) is 9.88. The van der Waals surface area contributed by atoms with Crippen molar-refractivity contribution in [1.29, 1.82) is 0 Å². The lowest BCUT2D eigenvalue weighted by Crippen LogP contribution is -2.48. The lowest BCUT2D eigenvalue weighted by atomic mass is 9.48. The first kappa shape index (κ1) is 19.6. The Morgan fingerprint density at radius 2 is 1.63 bits per heavy atom. The van der Waals surface area contributed by atoms with Crippen molar-refractivity contribution in [3.8, 4) is 5.75 Å². The largest absolute Gasteiger partial charge is 0.496 e. The highest BCUT2D eigenvalue weighted by molar-refractivity contribution is 5.87. The van der Waals surface area contributed by atoms with Gasteiger partial charge in [-0.25, -0.2) is 4.79 Å². The molecule has 4 aliphatic carbocycles. The molecule has 4 saturated carbocycles. The van der Waals surface area contributed by atoms with Crippen LogP contribution in [0.5, 0.6) is 5.75 Å². The minimum absolute atomic E-state index is 0.207. The van der Waals surface area contributed by atoms with Crippen LogP contribution in [0.1, 0.15) is 71.7 Å². The summed E-state index contributed by atoms with van der Waals surface area (Å²) in [4.78, 5) is 11.1. The number of carboxylic acids is 1. The van der Waals surface area contributed by atoms with Gasteiger partial charge in [0.15, 0.2) is 0 Å². The maximum Gasteiger partial charge on any atom is 0.335 e. The van der Waals surface area contributed by atoms with Crippen molar-refractivity contribution in [2.24, 2.45) is 17.8 Å². The van der Waals surface area contributed by atoms with Crippen LogP contribution >= 0.6 is 0 Å². The molecule has 4 fully saturated rings. The second kappa shape index (κ2) is 7.42. The highest BCUT2D eigenvalue weighted by Crippen LogP contribution is 2.62. The average molecular weight is 407 g/mol. The fourth-order valence-corrected chi connectivity index (χ4v) is 6.91. The van der Waals surface area contributed by atoms with E-state index >= 15 is 0 Å². The molecule has 0 amide bonds. The number of methoxy groups -OCH3 is 1. The van der Waals surface area contributed by atoms with Crippen molar-refractivity contribution in [3.63, 3.8) is 0 Å². The standard InChI is InChI=1S/C26H30O4/c1-30-24-7-6-21(23(27)11-16-2-4-20(5-3-16)25(28)29)12-22(24)26-13-17-8-18(14-26)10-19(9-17)15-26/h2-7,12,17-19,23,27H,8-11,13-15H2,1H3,(H,28,29). The Hall–Kier alpha value is -2.33. The van der Waals surface area contributed by atoms with E-state index in [-0.39, 0.29) is 11.0 Å². The summed E-state index contributed by atoms with van der Waals surface area (Å²) >= 11 is 0. The van der Waals surface area contributed by atoms with Crippen LogP contribution in [-0.4, -0.2) is 23.3 Å². The van der Waals surface area contributed by atoms with Gasteiger partial charge >= 0.3 is 5.97 Å². The fourth-order valence-electron chi connectivity index (χ4n) is 6.91. The Morgan fingerprint density at radius 1 is 1.03 bits per heavy atom. The molecular weight excluding hydrogens is 376 g/mol. The molecule has 0 aliphatic heterocycles. The fraction of sp³-hybridized carbons (Fsp3) is 0.500. The van der Waals surface area contributed by atoms with E-state index in [1.807, 2.05) is 12.1 Å². The zero-order valence-corrected chi connectivity index (χ0v) is 17.5. The molecule has 2 aromatic rings. The molecule has 1 atom stereocenters. The molecule has 2 N–H and O–H groups in total. The first-order chi connectivity index (χ1) is 14.5. The predicted octanol–water partition coefficient (Wildman–Crippen LogP) is 5.14. The van der Waals surface area contributed by atoms with E-state index in [1.165, 1.54) is 44.1 Å². The smallest absolute Gasteiger partial charge is 0.335 e. The van der Waals surface area contributed by atoms with Crippen molar-refractivity contribution in [2.75, 3.05) is 7.11 Å². The van der Waals surface area contributed by atoms with Crippen molar-refractivity contribution < 1.29 is 19.7 Å². The molecule has 30 heavy (non-hydrogen) atoms. The number of rotatable bonds is 6. The third-order valence-electron chi connectivity index (χ3n) is 7.85. The average Bonchev–Trinajstić information content (AvgIpc) is 2.72.